The quantitative estimate of drug-likeness (QED) is 0.249. The van der Waals surface area contributed by atoms with Gasteiger partial charge in [-0.15, -0.1) is 0 Å². The van der Waals surface area contributed by atoms with Crippen LogP contribution in [0.5, 0.6) is 0 Å². The molecule has 0 amide bonds. The lowest BCUT2D eigenvalue weighted by atomic mass is 10.2. The van der Waals surface area contributed by atoms with Crippen LogP contribution in [0.4, 0.5) is 8.78 Å². The Labute approximate surface area is 179 Å². The molecule has 0 radical (unpaired) electrons. The maximum absolute atomic E-state index is 14.6. The van der Waals surface area contributed by atoms with E-state index in [1.165, 1.54) is 19.2 Å². The first-order valence-corrected chi connectivity index (χ1v) is 10.1. The highest BCUT2D eigenvalue weighted by atomic mass is 32.2. The molecule has 6 nitrogen and oxygen atoms in total. The molecular weight excluding hydrogens is 426 g/mol. The van der Waals surface area contributed by atoms with Crippen LogP contribution in [0, 0.1) is 11.6 Å². The third-order valence-corrected chi connectivity index (χ3v) is 5.66. The topological polar surface area (TPSA) is 74.3 Å². The molecule has 4 aromatic rings. The number of para-hydroxylation sites is 1. The van der Waals surface area contributed by atoms with E-state index < -0.39 is 23.2 Å². The summed E-state index contributed by atoms with van der Waals surface area (Å²) < 4.78 is 39.3. The standard InChI is InChI=1S/C22H16F2N2O4S/c1-12(18-9-10-19(30-18)21(28)29-2)31-22-25-16-6-4-3-5-14(16)20(27)26(22)17-8-7-13(23)11-15(17)24/h3-12H,1-2H3. The molecule has 2 aromatic carbocycles. The number of nitrogens with zero attached hydrogens (tertiary/aromatic N) is 2. The van der Waals surface area contributed by atoms with E-state index in [1.807, 2.05) is 0 Å². The van der Waals surface area contributed by atoms with E-state index >= 15 is 0 Å². The van der Waals surface area contributed by atoms with Crippen LogP contribution in [-0.2, 0) is 4.74 Å². The molecule has 31 heavy (non-hydrogen) atoms. The molecule has 0 aliphatic carbocycles. The van der Waals surface area contributed by atoms with Crippen molar-refractivity contribution in [1.82, 2.24) is 9.55 Å². The van der Waals surface area contributed by atoms with Crippen LogP contribution in [0.3, 0.4) is 0 Å². The number of carbonyl (C=O) groups excluding carboxylic acids is 1. The monoisotopic (exact) mass is 442 g/mol. The van der Waals surface area contributed by atoms with E-state index in [2.05, 4.69) is 9.72 Å². The van der Waals surface area contributed by atoms with Crippen LogP contribution < -0.4 is 5.56 Å². The third kappa shape index (κ3) is 3.96. The second kappa shape index (κ2) is 8.35. The van der Waals surface area contributed by atoms with Crippen LogP contribution in [0.2, 0.25) is 0 Å². The fourth-order valence-electron chi connectivity index (χ4n) is 3.06. The highest BCUT2D eigenvalue weighted by Gasteiger charge is 2.22. The SMILES string of the molecule is COC(=O)c1ccc(C(C)Sc2nc3ccccc3c(=O)n2-c2ccc(F)cc2F)o1. The second-order valence-corrected chi connectivity index (χ2v) is 7.91. The van der Waals surface area contributed by atoms with Crippen LogP contribution >= 0.6 is 11.8 Å². The van der Waals surface area contributed by atoms with E-state index in [0.29, 0.717) is 22.7 Å². The molecular formula is C22H16F2N2O4S. The van der Waals surface area contributed by atoms with Gasteiger partial charge in [-0.25, -0.2) is 18.6 Å². The molecule has 0 saturated heterocycles. The van der Waals surface area contributed by atoms with Crippen molar-refractivity contribution < 1.29 is 22.7 Å². The maximum atomic E-state index is 14.6. The zero-order valence-corrected chi connectivity index (χ0v) is 17.3. The largest absolute Gasteiger partial charge is 0.463 e. The number of ether oxygens (including phenoxy) is 1. The van der Waals surface area contributed by atoms with Gasteiger partial charge in [-0.05, 0) is 43.3 Å². The fourth-order valence-corrected chi connectivity index (χ4v) is 4.06. The molecule has 1 unspecified atom stereocenters. The first-order chi connectivity index (χ1) is 14.9. The molecule has 158 valence electrons. The van der Waals surface area contributed by atoms with Crippen molar-refractivity contribution in [3.63, 3.8) is 0 Å². The molecule has 0 aliphatic rings. The Morgan fingerprint density at radius 3 is 2.68 bits per heavy atom. The summed E-state index contributed by atoms with van der Waals surface area (Å²) in [6.45, 7) is 1.79. The smallest absolute Gasteiger partial charge is 0.373 e. The molecule has 0 bridgehead atoms. The van der Waals surface area contributed by atoms with Gasteiger partial charge in [0.1, 0.15) is 17.4 Å². The number of methoxy groups -OCH3 is 1. The summed E-state index contributed by atoms with van der Waals surface area (Å²) in [7, 11) is 1.25. The minimum atomic E-state index is -0.889. The van der Waals surface area contributed by atoms with Crippen molar-refractivity contribution in [2.75, 3.05) is 7.11 Å². The molecule has 0 saturated carbocycles. The summed E-state index contributed by atoms with van der Waals surface area (Å²) in [6, 6.07) is 12.8. The van der Waals surface area contributed by atoms with Crippen molar-refractivity contribution >= 4 is 28.6 Å². The first kappa shape index (κ1) is 20.8. The highest BCUT2D eigenvalue weighted by Crippen LogP contribution is 2.36. The van der Waals surface area contributed by atoms with Crippen LogP contribution in [0.15, 0.2) is 69.0 Å². The Balaban J connectivity index is 1.83. The van der Waals surface area contributed by atoms with E-state index in [-0.39, 0.29) is 21.9 Å². The molecule has 1 atom stereocenters. The highest BCUT2D eigenvalue weighted by molar-refractivity contribution is 7.99. The Hall–Kier alpha value is -3.46. The van der Waals surface area contributed by atoms with Gasteiger partial charge in [0.25, 0.3) is 5.56 Å². The van der Waals surface area contributed by atoms with Gasteiger partial charge < -0.3 is 9.15 Å². The van der Waals surface area contributed by atoms with Crippen molar-refractivity contribution in [1.29, 1.82) is 0 Å². The molecule has 0 fully saturated rings. The maximum Gasteiger partial charge on any atom is 0.373 e. The number of hydrogen-bond acceptors (Lipinski definition) is 6. The average molecular weight is 442 g/mol. The summed E-state index contributed by atoms with van der Waals surface area (Å²) in [4.78, 5) is 29.4. The molecule has 9 heteroatoms. The lowest BCUT2D eigenvalue weighted by Crippen LogP contribution is -2.23. The molecule has 0 aliphatic heterocycles. The van der Waals surface area contributed by atoms with Crippen LogP contribution in [0.1, 0.15) is 28.5 Å². The Morgan fingerprint density at radius 1 is 1.16 bits per heavy atom. The minimum absolute atomic E-state index is 0.0402. The number of aromatic nitrogens is 2. The van der Waals surface area contributed by atoms with Crippen molar-refractivity contribution in [2.24, 2.45) is 0 Å². The van der Waals surface area contributed by atoms with Crippen LogP contribution in [0.25, 0.3) is 16.6 Å². The zero-order chi connectivity index (χ0) is 22.1. The number of esters is 1. The lowest BCUT2D eigenvalue weighted by molar-refractivity contribution is 0.0563. The van der Waals surface area contributed by atoms with E-state index in [9.17, 15) is 18.4 Å². The van der Waals surface area contributed by atoms with Gasteiger partial charge in [0, 0.05) is 6.07 Å². The van der Waals surface area contributed by atoms with Gasteiger partial charge in [0.15, 0.2) is 5.16 Å². The number of benzene rings is 2. The third-order valence-electron chi connectivity index (χ3n) is 4.59. The average Bonchev–Trinajstić information content (AvgIpc) is 3.25. The van der Waals surface area contributed by atoms with Gasteiger partial charge in [-0.2, -0.15) is 0 Å². The number of fused-ring (bicyclic) bond motifs is 1. The van der Waals surface area contributed by atoms with Crippen molar-refractivity contribution in [2.45, 2.75) is 17.3 Å². The molecule has 0 spiro atoms. The Kier molecular flexibility index (Phi) is 5.60. The summed E-state index contributed by atoms with van der Waals surface area (Å²) >= 11 is 1.14. The number of thioether (sulfide) groups is 1. The summed E-state index contributed by atoms with van der Waals surface area (Å²) in [5.74, 6) is -1.77. The number of rotatable bonds is 5. The summed E-state index contributed by atoms with van der Waals surface area (Å²) in [5.41, 5.74) is -0.162. The van der Waals surface area contributed by atoms with Crippen LogP contribution in [-0.4, -0.2) is 22.6 Å². The number of carbonyl (C=O) groups is 1. The molecule has 4 rings (SSSR count). The van der Waals surface area contributed by atoms with E-state index in [1.54, 1.807) is 37.3 Å². The predicted octanol–water partition coefficient (Wildman–Crippen LogP) is 4.90. The van der Waals surface area contributed by atoms with Gasteiger partial charge in [-0.1, -0.05) is 23.9 Å². The fraction of sp³-hybridized carbons (Fsp3) is 0.136. The molecule has 0 N–H and O–H groups in total. The second-order valence-electron chi connectivity index (χ2n) is 6.60. The lowest BCUT2D eigenvalue weighted by Gasteiger charge is -2.16. The number of furan rings is 1. The van der Waals surface area contributed by atoms with Gasteiger partial charge >= 0.3 is 5.97 Å². The number of halogens is 2. The Morgan fingerprint density at radius 2 is 1.94 bits per heavy atom. The minimum Gasteiger partial charge on any atom is -0.463 e. The summed E-state index contributed by atoms with van der Waals surface area (Å²) in [5, 5.41) is 0.105. The van der Waals surface area contributed by atoms with E-state index in [4.69, 9.17) is 4.42 Å². The molecule has 2 heterocycles. The van der Waals surface area contributed by atoms with Gasteiger partial charge in [0.05, 0.1) is 29.0 Å². The summed E-state index contributed by atoms with van der Waals surface area (Å²) in [6.07, 6.45) is 0. The first-order valence-electron chi connectivity index (χ1n) is 9.21. The van der Waals surface area contributed by atoms with Gasteiger partial charge in [-0.3, -0.25) is 9.36 Å². The van der Waals surface area contributed by atoms with E-state index in [0.717, 1.165) is 22.4 Å². The van der Waals surface area contributed by atoms with Crippen molar-refractivity contribution in [3.05, 3.63) is 88.1 Å². The zero-order valence-electron chi connectivity index (χ0n) is 16.5. The number of hydrogen-bond donors (Lipinski definition) is 0. The predicted molar refractivity (Wildman–Crippen MR) is 112 cm³/mol. The molecule has 2 aromatic heterocycles. The normalized spacial score (nSPS) is 12.1. The Bertz CT molecular complexity index is 1350. The van der Waals surface area contributed by atoms with Gasteiger partial charge in [0.2, 0.25) is 5.76 Å². The van der Waals surface area contributed by atoms with Crippen molar-refractivity contribution in [3.8, 4) is 5.69 Å².